The Kier molecular flexibility index (Phi) is 7.14. The van der Waals surface area contributed by atoms with Crippen LogP contribution in [0.1, 0.15) is 27.7 Å². The molecule has 0 fully saturated rings. The maximum Gasteiger partial charge on any atom is 0.362 e. The lowest BCUT2D eigenvalue weighted by molar-refractivity contribution is 0.00403. The van der Waals surface area contributed by atoms with E-state index in [1.54, 1.807) is 0 Å². The lowest BCUT2D eigenvalue weighted by atomic mass is 10.2. The number of nitrogens with one attached hydrogen (secondary N) is 2. The van der Waals surface area contributed by atoms with Gasteiger partial charge in [-0.15, -0.1) is 0 Å². The fourth-order valence-electron chi connectivity index (χ4n) is 0.569. The molecule has 0 aromatic heterocycles. The van der Waals surface area contributed by atoms with E-state index in [1.165, 1.54) is 0 Å². The van der Waals surface area contributed by atoms with Crippen LogP contribution in [-0.4, -0.2) is 19.2 Å². The molecule has 0 heterocycles. The van der Waals surface area contributed by atoms with Gasteiger partial charge in [0.2, 0.25) is 0 Å². The Morgan fingerprint density at radius 1 is 1.00 bits per heavy atom. The summed E-state index contributed by atoms with van der Waals surface area (Å²) in [5.41, 5.74) is 4.43. The Morgan fingerprint density at radius 3 is 1.64 bits per heavy atom. The molecule has 0 aliphatic heterocycles. The van der Waals surface area contributed by atoms with Crippen LogP contribution in [0.5, 0.6) is 0 Å². The molecule has 14 heavy (non-hydrogen) atoms. The first-order valence-electron chi connectivity index (χ1n) is 4.82. The standard InChI is InChI=1S/C9H20N2O3/c1-7(2)5-13-10-9(12)11-14-6-8(3)4/h7-8H,5-6H2,1-4H3,(H2,10,11,12). The third-order valence-electron chi connectivity index (χ3n) is 1.16. The van der Waals surface area contributed by atoms with Gasteiger partial charge >= 0.3 is 6.03 Å². The van der Waals surface area contributed by atoms with E-state index in [4.69, 9.17) is 9.68 Å². The molecule has 0 rings (SSSR count). The van der Waals surface area contributed by atoms with Gasteiger partial charge in [-0.05, 0) is 11.8 Å². The summed E-state index contributed by atoms with van der Waals surface area (Å²) >= 11 is 0. The van der Waals surface area contributed by atoms with Crippen LogP contribution >= 0.6 is 0 Å². The van der Waals surface area contributed by atoms with E-state index in [1.807, 2.05) is 27.7 Å². The van der Waals surface area contributed by atoms with E-state index in [9.17, 15) is 4.79 Å². The Bertz CT molecular complexity index is 144. The Hall–Kier alpha value is -0.810. The summed E-state index contributed by atoms with van der Waals surface area (Å²) in [4.78, 5) is 20.7. The fraction of sp³-hybridized carbons (Fsp3) is 0.889. The number of amides is 2. The highest BCUT2D eigenvalue weighted by atomic mass is 16.7. The highest BCUT2D eigenvalue weighted by molar-refractivity contribution is 5.71. The maximum absolute atomic E-state index is 10.9. The molecule has 0 aromatic carbocycles. The van der Waals surface area contributed by atoms with Gasteiger partial charge in [0.05, 0.1) is 13.2 Å². The fourth-order valence-corrected chi connectivity index (χ4v) is 0.569. The zero-order chi connectivity index (χ0) is 11.0. The van der Waals surface area contributed by atoms with Crippen LogP contribution in [0.15, 0.2) is 0 Å². The molecule has 0 spiro atoms. The second-order valence-electron chi connectivity index (χ2n) is 3.94. The van der Waals surface area contributed by atoms with Crippen LogP contribution in [0.25, 0.3) is 0 Å². The van der Waals surface area contributed by atoms with Crippen molar-refractivity contribution in [2.75, 3.05) is 13.2 Å². The highest BCUT2D eigenvalue weighted by Crippen LogP contribution is 1.90. The molecule has 84 valence electrons. The van der Waals surface area contributed by atoms with E-state index in [-0.39, 0.29) is 0 Å². The van der Waals surface area contributed by atoms with E-state index < -0.39 is 6.03 Å². The normalized spacial score (nSPS) is 10.7. The van der Waals surface area contributed by atoms with Gasteiger partial charge in [-0.2, -0.15) is 0 Å². The molecule has 0 aliphatic carbocycles. The third-order valence-corrected chi connectivity index (χ3v) is 1.16. The van der Waals surface area contributed by atoms with Crippen LogP contribution in [0.4, 0.5) is 4.79 Å². The summed E-state index contributed by atoms with van der Waals surface area (Å²) in [6.07, 6.45) is 0. The Balaban J connectivity index is 3.28. The second-order valence-corrected chi connectivity index (χ2v) is 3.94. The van der Waals surface area contributed by atoms with E-state index in [2.05, 4.69) is 11.0 Å². The number of hydrogen-bond donors (Lipinski definition) is 2. The molecular formula is C9H20N2O3. The predicted molar refractivity (Wildman–Crippen MR) is 53.2 cm³/mol. The number of urea groups is 1. The molecule has 0 bridgehead atoms. The maximum atomic E-state index is 10.9. The topological polar surface area (TPSA) is 59.6 Å². The van der Waals surface area contributed by atoms with Gasteiger partial charge < -0.3 is 0 Å². The predicted octanol–water partition coefficient (Wildman–Crippen LogP) is 1.46. The number of rotatable bonds is 6. The first kappa shape index (κ1) is 13.2. The minimum Gasteiger partial charge on any atom is -0.272 e. The first-order chi connectivity index (χ1) is 6.52. The summed E-state index contributed by atoms with van der Waals surface area (Å²) in [5.74, 6) is 0.763. The molecule has 0 aromatic rings. The Labute approximate surface area is 85.1 Å². The molecule has 0 radical (unpaired) electrons. The van der Waals surface area contributed by atoms with Gasteiger partial charge in [0.15, 0.2) is 0 Å². The molecule has 5 heteroatoms. The molecular weight excluding hydrogens is 184 g/mol. The molecule has 2 amide bonds. The van der Waals surface area contributed by atoms with Crippen molar-refractivity contribution in [3.8, 4) is 0 Å². The van der Waals surface area contributed by atoms with E-state index in [0.29, 0.717) is 25.0 Å². The van der Waals surface area contributed by atoms with Gasteiger partial charge in [0.25, 0.3) is 0 Å². The van der Waals surface area contributed by atoms with Crippen molar-refractivity contribution in [3.05, 3.63) is 0 Å². The summed E-state index contributed by atoms with van der Waals surface area (Å²) < 4.78 is 0. The lowest BCUT2D eigenvalue weighted by Gasteiger charge is -2.10. The van der Waals surface area contributed by atoms with Crippen molar-refractivity contribution in [1.82, 2.24) is 11.0 Å². The van der Waals surface area contributed by atoms with Crippen LogP contribution in [0.2, 0.25) is 0 Å². The van der Waals surface area contributed by atoms with E-state index in [0.717, 1.165) is 0 Å². The number of carbonyl (C=O) groups excluding carboxylic acids is 1. The molecule has 0 atom stereocenters. The van der Waals surface area contributed by atoms with Gasteiger partial charge in [0.1, 0.15) is 0 Å². The largest absolute Gasteiger partial charge is 0.362 e. The van der Waals surface area contributed by atoms with Gasteiger partial charge in [0, 0.05) is 0 Å². The first-order valence-corrected chi connectivity index (χ1v) is 4.82. The van der Waals surface area contributed by atoms with Crippen molar-refractivity contribution in [2.24, 2.45) is 11.8 Å². The number of hydroxylamine groups is 2. The summed E-state index contributed by atoms with van der Waals surface area (Å²) in [5, 5.41) is 0. The molecule has 0 unspecified atom stereocenters. The summed E-state index contributed by atoms with van der Waals surface area (Å²) in [7, 11) is 0. The minimum absolute atomic E-state index is 0.381. The zero-order valence-corrected chi connectivity index (χ0v) is 9.29. The molecule has 2 N–H and O–H groups in total. The van der Waals surface area contributed by atoms with Crippen molar-refractivity contribution in [2.45, 2.75) is 27.7 Å². The molecule has 0 saturated heterocycles. The van der Waals surface area contributed by atoms with Crippen molar-refractivity contribution in [3.63, 3.8) is 0 Å². The van der Waals surface area contributed by atoms with Crippen LogP contribution in [0, 0.1) is 11.8 Å². The lowest BCUT2D eigenvalue weighted by Crippen LogP contribution is -2.36. The van der Waals surface area contributed by atoms with Gasteiger partial charge in [-0.25, -0.2) is 15.8 Å². The smallest absolute Gasteiger partial charge is 0.272 e. The SMILES string of the molecule is CC(C)CONC(=O)NOCC(C)C. The van der Waals surface area contributed by atoms with Crippen molar-refractivity contribution < 1.29 is 14.5 Å². The number of carbonyl (C=O) groups is 1. The van der Waals surface area contributed by atoms with Gasteiger partial charge in [-0.3, -0.25) is 9.68 Å². The second kappa shape index (κ2) is 7.58. The van der Waals surface area contributed by atoms with E-state index >= 15 is 0 Å². The van der Waals surface area contributed by atoms with Crippen LogP contribution < -0.4 is 11.0 Å². The van der Waals surface area contributed by atoms with Gasteiger partial charge in [-0.1, -0.05) is 27.7 Å². The average molecular weight is 204 g/mol. The van der Waals surface area contributed by atoms with Crippen molar-refractivity contribution >= 4 is 6.03 Å². The third kappa shape index (κ3) is 9.28. The Morgan fingerprint density at radius 2 is 1.36 bits per heavy atom. The zero-order valence-electron chi connectivity index (χ0n) is 9.29. The average Bonchev–Trinajstić information content (AvgIpc) is 2.02. The highest BCUT2D eigenvalue weighted by Gasteiger charge is 2.01. The van der Waals surface area contributed by atoms with Crippen LogP contribution in [-0.2, 0) is 9.68 Å². The van der Waals surface area contributed by atoms with Crippen LogP contribution in [0.3, 0.4) is 0 Å². The number of hydrogen-bond acceptors (Lipinski definition) is 3. The quantitative estimate of drug-likeness (QED) is 0.644. The summed E-state index contributed by atoms with van der Waals surface area (Å²) in [6.45, 7) is 8.95. The van der Waals surface area contributed by atoms with Crippen molar-refractivity contribution in [1.29, 1.82) is 0 Å². The molecule has 0 aliphatic rings. The molecule has 0 saturated carbocycles. The molecule has 5 nitrogen and oxygen atoms in total. The summed E-state index contributed by atoms with van der Waals surface area (Å²) in [6, 6.07) is -0.480. The minimum atomic E-state index is -0.480. The monoisotopic (exact) mass is 204 g/mol.